The van der Waals surface area contributed by atoms with E-state index in [4.69, 9.17) is 26.9 Å². The monoisotopic (exact) mass is 335 g/mol. The second kappa shape index (κ2) is 7.30. The van der Waals surface area contributed by atoms with Gasteiger partial charge in [0.2, 0.25) is 0 Å². The van der Waals surface area contributed by atoms with Gasteiger partial charge in [-0.1, -0.05) is 11.6 Å². The van der Waals surface area contributed by atoms with Gasteiger partial charge in [-0.2, -0.15) is 4.99 Å². The van der Waals surface area contributed by atoms with Crippen molar-refractivity contribution in [2.75, 3.05) is 0 Å². The second-order valence-electron chi connectivity index (χ2n) is 6.74. The Kier molecular flexibility index (Phi) is 6.87. The molecule has 8 heteroatoms. The maximum Gasteiger partial charge on any atom is 0.435 e. The van der Waals surface area contributed by atoms with Gasteiger partial charge < -0.3 is 15.6 Å². The highest BCUT2D eigenvalue weighted by atomic mass is 35.5. The summed E-state index contributed by atoms with van der Waals surface area (Å²) < 4.78 is 5.02. The van der Waals surface area contributed by atoms with Crippen molar-refractivity contribution in [1.82, 2.24) is 5.48 Å². The lowest BCUT2D eigenvalue weighted by atomic mass is 9.90. The number of hydrogen-bond donors (Lipinski definition) is 3. The van der Waals surface area contributed by atoms with Crippen molar-refractivity contribution in [2.24, 2.45) is 10.7 Å². The van der Waals surface area contributed by atoms with Crippen LogP contribution in [-0.2, 0) is 9.57 Å². The van der Waals surface area contributed by atoms with Gasteiger partial charge in [-0.15, -0.1) is 0 Å². The first kappa shape index (κ1) is 20.7. The van der Waals surface area contributed by atoms with Crippen molar-refractivity contribution in [1.29, 1.82) is 0 Å². The number of carbonyl (C=O) groups is 1. The minimum Gasteiger partial charge on any atom is -0.442 e. The van der Waals surface area contributed by atoms with Gasteiger partial charge in [-0.3, -0.25) is 10.3 Å². The van der Waals surface area contributed by atoms with E-state index in [1.54, 1.807) is 48.5 Å². The Morgan fingerprint density at radius 2 is 1.73 bits per heavy atom. The van der Waals surface area contributed by atoms with Crippen molar-refractivity contribution >= 4 is 22.9 Å². The Labute approximate surface area is 136 Å². The molecule has 4 N–H and O–H groups in total. The van der Waals surface area contributed by atoms with E-state index in [1.807, 2.05) is 0 Å². The summed E-state index contributed by atoms with van der Waals surface area (Å²) in [4.78, 5) is 20.5. The molecule has 0 aliphatic carbocycles. The molecule has 0 bridgehead atoms. The minimum absolute atomic E-state index is 0.0739. The van der Waals surface area contributed by atoms with E-state index in [0.717, 1.165) is 6.20 Å². The SMILES string of the molecule is CC(C)(C)OC(=O)/N=C(Cl)/C(=C\N)NOC(C)(C)C(C)(C)O. The fraction of sp³-hybridized carbons (Fsp3) is 0.714. The Hall–Kier alpha value is -1.31. The van der Waals surface area contributed by atoms with Gasteiger partial charge in [0.15, 0.2) is 5.17 Å². The molecule has 0 atom stereocenters. The second-order valence-corrected chi connectivity index (χ2v) is 7.09. The number of hydrogen-bond acceptors (Lipinski definition) is 6. The Bertz CT molecular complexity index is 460. The van der Waals surface area contributed by atoms with Crippen LogP contribution in [0, 0.1) is 0 Å². The van der Waals surface area contributed by atoms with Gasteiger partial charge >= 0.3 is 6.09 Å². The highest BCUT2D eigenvalue weighted by molar-refractivity contribution is 6.70. The first-order valence-electron chi connectivity index (χ1n) is 6.75. The molecule has 7 nitrogen and oxygen atoms in total. The zero-order chi connectivity index (χ0) is 17.8. The molecular formula is C14H26ClN3O4. The Balaban J connectivity index is 4.90. The van der Waals surface area contributed by atoms with E-state index < -0.39 is 22.9 Å². The first-order valence-corrected chi connectivity index (χ1v) is 7.13. The maximum atomic E-state index is 11.6. The van der Waals surface area contributed by atoms with Crippen LogP contribution in [0.15, 0.2) is 16.9 Å². The van der Waals surface area contributed by atoms with Crippen LogP contribution in [-0.4, -0.2) is 33.2 Å². The molecule has 1 amide bonds. The van der Waals surface area contributed by atoms with Gasteiger partial charge in [0.1, 0.15) is 16.9 Å². The maximum absolute atomic E-state index is 11.6. The van der Waals surface area contributed by atoms with Crippen LogP contribution in [0.1, 0.15) is 48.5 Å². The van der Waals surface area contributed by atoms with Crippen molar-refractivity contribution in [3.8, 4) is 0 Å². The number of ether oxygens (including phenoxy) is 1. The molecule has 0 aromatic heterocycles. The van der Waals surface area contributed by atoms with E-state index in [9.17, 15) is 9.90 Å². The van der Waals surface area contributed by atoms with Gasteiger partial charge in [0.05, 0.1) is 5.60 Å². The van der Waals surface area contributed by atoms with Gasteiger partial charge in [0, 0.05) is 6.20 Å². The summed E-state index contributed by atoms with van der Waals surface area (Å²) in [5, 5.41) is 9.77. The lowest BCUT2D eigenvalue weighted by molar-refractivity contribution is -0.174. The van der Waals surface area contributed by atoms with Crippen LogP contribution < -0.4 is 11.2 Å². The molecule has 0 spiro atoms. The summed E-state index contributed by atoms with van der Waals surface area (Å²) in [6.07, 6.45) is 0.247. The summed E-state index contributed by atoms with van der Waals surface area (Å²) in [7, 11) is 0. The number of nitrogens with two attached hydrogens (primary N) is 1. The van der Waals surface area contributed by atoms with Crippen molar-refractivity contribution < 1.29 is 19.5 Å². The molecule has 0 aromatic carbocycles. The fourth-order valence-corrected chi connectivity index (χ4v) is 1.05. The minimum atomic E-state index is -1.13. The number of aliphatic imine (C=N–C) groups is 1. The van der Waals surface area contributed by atoms with Gasteiger partial charge in [0.25, 0.3) is 0 Å². The average molecular weight is 336 g/mol. The number of aliphatic hydroxyl groups is 1. The third-order valence-electron chi connectivity index (χ3n) is 2.86. The molecule has 0 heterocycles. The zero-order valence-electron chi connectivity index (χ0n) is 14.2. The number of halogens is 1. The van der Waals surface area contributed by atoms with Crippen LogP contribution in [0.4, 0.5) is 4.79 Å². The number of amides is 1. The Morgan fingerprint density at radius 1 is 1.23 bits per heavy atom. The molecule has 0 saturated carbocycles. The Morgan fingerprint density at radius 3 is 2.09 bits per heavy atom. The van der Waals surface area contributed by atoms with E-state index in [1.165, 1.54) is 0 Å². The third kappa shape index (κ3) is 7.11. The molecule has 128 valence electrons. The number of nitrogens with one attached hydrogen (secondary N) is 1. The van der Waals surface area contributed by atoms with E-state index in [2.05, 4.69) is 10.5 Å². The van der Waals surface area contributed by atoms with Gasteiger partial charge in [-0.25, -0.2) is 4.79 Å². The molecule has 0 radical (unpaired) electrons. The van der Waals surface area contributed by atoms with E-state index in [-0.39, 0.29) is 10.9 Å². The molecule has 0 aliphatic rings. The lowest BCUT2D eigenvalue weighted by Crippen LogP contribution is -2.50. The summed E-state index contributed by atoms with van der Waals surface area (Å²) in [5.41, 5.74) is 5.23. The predicted molar refractivity (Wildman–Crippen MR) is 86.4 cm³/mol. The quantitative estimate of drug-likeness (QED) is 0.526. The summed E-state index contributed by atoms with van der Waals surface area (Å²) >= 11 is 5.91. The molecule has 22 heavy (non-hydrogen) atoms. The number of rotatable bonds is 5. The largest absolute Gasteiger partial charge is 0.442 e. The van der Waals surface area contributed by atoms with Crippen LogP contribution >= 0.6 is 11.6 Å². The van der Waals surface area contributed by atoms with Crippen LogP contribution in [0.2, 0.25) is 0 Å². The van der Waals surface area contributed by atoms with Crippen LogP contribution in [0.5, 0.6) is 0 Å². The van der Waals surface area contributed by atoms with Crippen LogP contribution in [0.25, 0.3) is 0 Å². The predicted octanol–water partition coefficient (Wildman–Crippen LogP) is 2.43. The zero-order valence-corrected chi connectivity index (χ0v) is 14.9. The van der Waals surface area contributed by atoms with E-state index in [0.29, 0.717) is 0 Å². The summed E-state index contributed by atoms with van der Waals surface area (Å²) in [6.45, 7) is 11.7. The van der Waals surface area contributed by atoms with Crippen molar-refractivity contribution in [3.05, 3.63) is 11.9 Å². The molecule has 0 unspecified atom stereocenters. The third-order valence-corrected chi connectivity index (χ3v) is 3.15. The topological polar surface area (TPSA) is 106 Å². The highest BCUT2D eigenvalue weighted by Gasteiger charge is 2.37. The van der Waals surface area contributed by atoms with E-state index >= 15 is 0 Å². The number of allylic oxidation sites excluding steroid dienone is 1. The lowest BCUT2D eigenvalue weighted by Gasteiger charge is -2.36. The van der Waals surface area contributed by atoms with Crippen molar-refractivity contribution in [2.45, 2.75) is 65.3 Å². The molecule has 0 saturated heterocycles. The van der Waals surface area contributed by atoms with Crippen LogP contribution in [0.3, 0.4) is 0 Å². The summed E-state index contributed by atoms with van der Waals surface area (Å²) in [5.74, 6) is 0. The smallest absolute Gasteiger partial charge is 0.435 e. The molecular weight excluding hydrogens is 310 g/mol. The first-order chi connectivity index (χ1) is 9.69. The number of nitrogens with zero attached hydrogens (tertiary/aromatic N) is 1. The normalized spacial score (nSPS) is 14.8. The van der Waals surface area contributed by atoms with Crippen molar-refractivity contribution in [3.63, 3.8) is 0 Å². The average Bonchev–Trinajstić information content (AvgIpc) is 2.24. The number of carbonyl (C=O) groups excluding carboxylic acids is 1. The summed E-state index contributed by atoms with van der Waals surface area (Å²) in [6, 6.07) is 0. The number of hydroxylamine groups is 1. The standard InChI is InChI=1S/C14H26ClN3O4/c1-12(2,3)21-11(19)17-10(15)9(8-16)18-22-14(6,7)13(4,5)20/h8,18,20H,16H2,1-7H3/b9-8+,17-10-. The highest BCUT2D eigenvalue weighted by Crippen LogP contribution is 2.24. The molecule has 0 aromatic rings. The molecule has 0 aliphatic heterocycles. The molecule has 0 fully saturated rings. The fourth-order valence-electron chi connectivity index (χ4n) is 0.877. The molecule has 0 rings (SSSR count). The van der Waals surface area contributed by atoms with Gasteiger partial charge in [-0.05, 0) is 48.5 Å².